The lowest BCUT2D eigenvalue weighted by molar-refractivity contribution is 0.0934. The van der Waals surface area contributed by atoms with Crippen molar-refractivity contribution in [3.05, 3.63) is 82.7 Å². The van der Waals surface area contributed by atoms with Gasteiger partial charge in [0.1, 0.15) is 0 Å². The van der Waals surface area contributed by atoms with Gasteiger partial charge in [-0.1, -0.05) is 53.7 Å². The average Bonchev–Trinajstić information content (AvgIpc) is 3.17. The number of hydrogen-bond acceptors (Lipinski definition) is 3. The number of carbonyl (C=O) groups is 1. The maximum atomic E-state index is 12.6. The van der Waals surface area contributed by atoms with Gasteiger partial charge in [0, 0.05) is 0 Å². The van der Waals surface area contributed by atoms with Crippen LogP contribution in [0.1, 0.15) is 58.5 Å². The second-order valence-electron chi connectivity index (χ2n) is 7.22. The second kappa shape index (κ2) is 7.74. The highest BCUT2D eigenvalue weighted by Crippen LogP contribution is 2.24. The zero-order valence-electron chi connectivity index (χ0n) is 15.6. The normalized spacial score (nSPS) is 14.4. The van der Waals surface area contributed by atoms with Crippen molar-refractivity contribution in [3.8, 4) is 0 Å². The molecule has 5 heteroatoms. The van der Waals surface area contributed by atoms with Crippen LogP contribution in [0.5, 0.6) is 0 Å². The van der Waals surface area contributed by atoms with Gasteiger partial charge in [-0.05, 0) is 54.9 Å². The molecule has 138 valence electrons. The molecule has 27 heavy (non-hydrogen) atoms. The Bertz CT molecular complexity index is 932. The van der Waals surface area contributed by atoms with Crippen molar-refractivity contribution < 1.29 is 4.79 Å². The minimum atomic E-state index is -0.195. The summed E-state index contributed by atoms with van der Waals surface area (Å²) >= 11 is 0. The molecule has 1 N–H and O–H groups in total. The Morgan fingerprint density at radius 1 is 1.11 bits per heavy atom. The monoisotopic (exact) mass is 360 g/mol. The number of hydrogen-bond donors (Lipinski definition) is 1. The lowest BCUT2D eigenvalue weighted by Gasteiger charge is -2.19. The number of aromatic nitrogens is 3. The first-order valence-corrected chi connectivity index (χ1v) is 9.55. The molecular weight excluding hydrogens is 336 g/mol. The summed E-state index contributed by atoms with van der Waals surface area (Å²) in [7, 11) is 0. The van der Waals surface area contributed by atoms with E-state index in [9.17, 15) is 4.79 Å². The van der Waals surface area contributed by atoms with Crippen LogP contribution in [0.25, 0.3) is 0 Å². The van der Waals surface area contributed by atoms with Crippen molar-refractivity contribution in [2.75, 3.05) is 0 Å². The molecule has 0 fully saturated rings. The van der Waals surface area contributed by atoms with Gasteiger partial charge in [0.15, 0.2) is 5.69 Å². The van der Waals surface area contributed by atoms with E-state index < -0.39 is 0 Å². The minimum Gasteiger partial charge on any atom is -0.344 e. The van der Waals surface area contributed by atoms with E-state index in [1.54, 1.807) is 10.9 Å². The van der Waals surface area contributed by atoms with Crippen LogP contribution < -0.4 is 5.32 Å². The molecular formula is C22H24N4O. The lowest BCUT2D eigenvalue weighted by Crippen LogP contribution is -2.27. The Labute approximate surface area is 159 Å². The number of nitrogens with one attached hydrogen (secondary N) is 1. The Morgan fingerprint density at radius 2 is 1.89 bits per heavy atom. The SMILES string of the molecule is C[C@H](NC(=O)c1cn(Cc2ccccc2)nn1)c1ccc2c(c1)CCCC2. The van der Waals surface area contributed by atoms with Gasteiger partial charge in [0.25, 0.3) is 5.91 Å². The fourth-order valence-corrected chi connectivity index (χ4v) is 3.63. The van der Waals surface area contributed by atoms with E-state index in [0.29, 0.717) is 12.2 Å². The molecule has 1 aliphatic carbocycles. The fraction of sp³-hybridized carbons (Fsp3) is 0.318. The first-order chi connectivity index (χ1) is 13.2. The summed E-state index contributed by atoms with van der Waals surface area (Å²) in [5, 5.41) is 11.1. The molecule has 1 heterocycles. The lowest BCUT2D eigenvalue weighted by atomic mass is 9.89. The number of rotatable bonds is 5. The maximum Gasteiger partial charge on any atom is 0.273 e. The van der Waals surface area contributed by atoms with Gasteiger partial charge in [-0.2, -0.15) is 0 Å². The quantitative estimate of drug-likeness (QED) is 0.755. The summed E-state index contributed by atoms with van der Waals surface area (Å²) in [6.07, 6.45) is 6.53. The highest BCUT2D eigenvalue weighted by molar-refractivity contribution is 5.92. The van der Waals surface area contributed by atoms with Gasteiger partial charge in [-0.25, -0.2) is 4.68 Å². The van der Waals surface area contributed by atoms with Crippen molar-refractivity contribution >= 4 is 5.91 Å². The summed E-state index contributed by atoms with van der Waals surface area (Å²) in [5.41, 5.74) is 5.48. The van der Waals surface area contributed by atoms with Crippen LogP contribution in [0.2, 0.25) is 0 Å². The Hall–Kier alpha value is -2.95. The Balaban J connectivity index is 1.41. The van der Waals surface area contributed by atoms with E-state index in [-0.39, 0.29) is 11.9 Å². The standard InChI is InChI=1S/C22H24N4O/c1-16(19-12-11-18-9-5-6-10-20(18)13-19)23-22(27)21-15-26(25-24-21)14-17-7-3-2-4-8-17/h2-4,7-8,11-13,15-16H,5-6,9-10,14H2,1H3,(H,23,27)/t16-/m0/s1. The van der Waals surface area contributed by atoms with Crippen molar-refractivity contribution in [1.29, 1.82) is 0 Å². The molecule has 2 aromatic carbocycles. The predicted molar refractivity (Wildman–Crippen MR) is 105 cm³/mol. The molecule has 5 nitrogen and oxygen atoms in total. The Kier molecular flexibility index (Phi) is 5.01. The van der Waals surface area contributed by atoms with Gasteiger partial charge < -0.3 is 5.32 Å². The van der Waals surface area contributed by atoms with E-state index >= 15 is 0 Å². The molecule has 0 unspecified atom stereocenters. The molecule has 0 aliphatic heterocycles. The first-order valence-electron chi connectivity index (χ1n) is 9.55. The summed E-state index contributed by atoms with van der Waals surface area (Å²) in [6.45, 7) is 2.61. The van der Waals surface area contributed by atoms with Gasteiger partial charge in [-0.3, -0.25) is 4.79 Å². The van der Waals surface area contributed by atoms with Crippen molar-refractivity contribution in [1.82, 2.24) is 20.3 Å². The smallest absolute Gasteiger partial charge is 0.273 e. The number of fused-ring (bicyclic) bond motifs is 1. The largest absolute Gasteiger partial charge is 0.344 e. The molecule has 1 aliphatic rings. The summed E-state index contributed by atoms with van der Waals surface area (Å²) < 4.78 is 1.69. The van der Waals surface area contributed by atoms with Crippen molar-refractivity contribution in [3.63, 3.8) is 0 Å². The third-order valence-electron chi connectivity index (χ3n) is 5.18. The number of aryl methyl sites for hydroxylation is 2. The average molecular weight is 360 g/mol. The van der Waals surface area contributed by atoms with Crippen molar-refractivity contribution in [2.45, 2.75) is 45.2 Å². The molecule has 1 amide bonds. The molecule has 0 saturated heterocycles. The molecule has 4 rings (SSSR count). The Morgan fingerprint density at radius 3 is 2.70 bits per heavy atom. The third-order valence-corrected chi connectivity index (χ3v) is 5.18. The number of carbonyl (C=O) groups excluding carboxylic acids is 1. The minimum absolute atomic E-state index is 0.0657. The van der Waals surface area contributed by atoms with E-state index in [4.69, 9.17) is 0 Å². The van der Waals surface area contributed by atoms with Gasteiger partial charge in [0.05, 0.1) is 18.8 Å². The predicted octanol–water partition coefficient (Wildman–Crippen LogP) is 3.70. The molecule has 0 radical (unpaired) electrons. The van der Waals surface area contributed by atoms with E-state index in [1.165, 1.54) is 30.4 Å². The summed E-state index contributed by atoms with van der Waals surface area (Å²) in [5.74, 6) is -0.195. The van der Waals surface area contributed by atoms with Gasteiger partial charge in [0.2, 0.25) is 0 Å². The van der Waals surface area contributed by atoms with Crippen LogP contribution in [-0.4, -0.2) is 20.9 Å². The molecule has 1 atom stereocenters. The molecule has 1 aromatic heterocycles. The second-order valence-corrected chi connectivity index (χ2v) is 7.22. The summed E-state index contributed by atoms with van der Waals surface area (Å²) in [4.78, 5) is 12.6. The summed E-state index contributed by atoms with van der Waals surface area (Å²) in [6, 6.07) is 16.5. The highest BCUT2D eigenvalue weighted by Gasteiger charge is 2.17. The van der Waals surface area contributed by atoms with Gasteiger partial charge in [-0.15, -0.1) is 5.10 Å². The van der Waals surface area contributed by atoms with Crippen LogP contribution in [-0.2, 0) is 19.4 Å². The number of benzene rings is 2. The number of nitrogens with zero attached hydrogens (tertiary/aromatic N) is 3. The first kappa shape index (κ1) is 17.5. The fourth-order valence-electron chi connectivity index (χ4n) is 3.63. The van der Waals surface area contributed by atoms with Crippen LogP contribution in [0.15, 0.2) is 54.7 Å². The van der Waals surface area contributed by atoms with Gasteiger partial charge >= 0.3 is 0 Å². The molecule has 0 bridgehead atoms. The molecule has 0 spiro atoms. The van der Waals surface area contributed by atoms with Crippen LogP contribution in [0, 0.1) is 0 Å². The van der Waals surface area contributed by atoms with E-state index in [0.717, 1.165) is 17.5 Å². The van der Waals surface area contributed by atoms with E-state index in [2.05, 4.69) is 33.8 Å². The third kappa shape index (κ3) is 4.08. The molecule has 3 aromatic rings. The van der Waals surface area contributed by atoms with Crippen LogP contribution in [0.4, 0.5) is 0 Å². The zero-order valence-corrected chi connectivity index (χ0v) is 15.6. The molecule has 0 saturated carbocycles. The highest BCUT2D eigenvalue weighted by atomic mass is 16.2. The van der Waals surface area contributed by atoms with Crippen LogP contribution in [0.3, 0.4) is 0 Å². The van der Waals surface area contributed by atoms with E-state index in [1.807, 2.05) is 37.3 Å². The zero-order chi connectivity index (χ0) is 18.6. The number of amides is 1. The topological polar surface area (TPSA) is 59.8 Å². The van der Waals surface area contributed by atoms with Crippen molar-refractivity contribution in [2.24, 2.45) is 0 Å². The maximum absolute atomic E-state index is 12.6. The van der Waals surface area contributed by atoms with Crippen LogP contribution >= 0.6 is 0 Å².